The molecule has 0 radical (unpaired) electrons. The van der Waals surface area contributed by atoms with Gasteiger partial charge in [0.25, 0.3) is 0 Å². The van der Waals surface area contributed by atoms with E-state index in [2.05, 4.69) is 63.3 Å². The third-order valence-electron chi connectivity index (χ3n) is 4.45. The molecular weight excluding hydrogens is 449 g/mol. The average Bonchev–Trinajstić information content (AvgIpc) is 3.02. The number of aromatic nitrogens is 2. The van der Waals surface area contributed by atoms with Gasteiger partial charge in [-0.2, -0.15) is 0 Å². The minimum Gasteiger partial charge on any atom is -0.356 e. The first kappa shape index (κ1) is 23.5. The van der Waals surface area contributed by atoms with Crippen molar-refractivity contribution in [3.63, 3.8) is 0 Å². The molecule has 1 aromatic carbocycles. The van der Waals surface area contributed by atoms with Crippen LogP contribution in [0.4, 0.5) is 0 Å². The monoisotopic (exact) mass is 483 g/mol. The van der Waals surface area contributed by atoms with E-state index < -0.39 is 0 Å². The maximum Gasteiger partial charge on any atom is 0.191 e. The molecule has 6 heteroatoms. The molecule has 0 fully saturated rings. The van der Waals surface area contributed by atoms with Crippen LogP contribution in [0.2, 0.25) is 0 Å². The predicted octanol–water partition coefficient (Wildman–Crippen LogP) is 4.35. The van der Waals surface area contributed by atoms with Crippen LogP contribution in [0.1, 0.15) is 50.1 Å². The van der Waals surface area contributed by atoms with Gasteiger partial charge >= 0.3 is 0 Å². The van der Waals surface area contributed by atoms with Crippen molar-refractivity contribution in [1.82, 2.24) is 20.2 Å². The maximum absolute atomic E-state index is 4.31. The van der Waals surface area contributed by atoms with Crippen LogP contribution in [-0.4, -0.2) is 29.1 Å². The van der Waals surface area contributed by atoms with Crippen LogP contribution < -0.4 is 10.6 Å². The van der Waals surface area contributed by atoms with Crippen molar-refractivity contribution in [3.05, 3.63) is 53.6 Å². The van der Waals surface area contributed by atoms with E-state index in [9.17, 15) is 0 Å². The minimum absolute atomic E-state index is 0. The highest BCUT2D eigenvalue weighted by molar-refractivity contribution is 14.0. The topological polar surface area (TPSA) is 54.2 Å². The summed E-state index contributed by atoms with van der Waals surface area (Å²) in [5, 5.41) is 6.80. The number of aliphatic imine (C=N–C) groups is 1. The lowest BCUT2D eigenvalue weighted by atomic mass is 10.1. The molecular formula is C21H34IN5. The summed E-state index contributed by atoms with van der Waals surface area (Å²) in [6.45, 7) is 9.16. The first-order valence-corrected chi connectivity index (χ1v) is 9.58. The Kier molecular flexibility index (Phi) is 11.1. The Bertz CT molecular complexity index is 693. The van der Waals surface area contributed by atoms with E-state index in [4.69, 9.17) is 0 Å². The van der Waals surface area contributed by atoms with E-state index in [0.29, 0.717) is 0 Å². The minimum atomic E-state index is 0. The molecule has 0 unspecified atom stereocenters. The molecule has 2 aromatic rings. The SMILES string of the molecule is CN=C(NCCCCC(C)C)NCc1cccc(Cn2ccnc2C)c1.I. The molecule has 0 saturated heterocycles. The Morgan fingerprint density at radius 1 is 1.19 bits per heavy atom. The third kappa shape index (κ3) is 8.77. The van der Waals surface area contributed by atoms with Gasteiger partial charge in [0.05, 0.1) is 0 Å². The van der Waals surface area contributed by atoms with Crippen LogP contribution in [0.5, 0.6) is 0 Å². The number of benzene rings is 1. The zero-order valence-corrected chi connectivity index (χ0v) is 19.4. The predicted molar refractivity (Wildman–Crippen MR) is 125 cm³/mol. The standard InChI is InChI=1S/C21H33N5.HI/c1-17(2)8-5-6-11-24-21(22-4)25-15-19-9-7-10-20(14-19)16-26-13-12-23-18(26)3;/h7,9-10,12-14,17H,5-6,8,11,15-16H2,1-4H3,(H2,22,24,25);1H. The fraction of sp³-hybridized carbons (Fsp3) is 0.524. The van der Waals surface area contributed by atoms with Gasteiger partial charge in [0.1, 0.15) is 5.82 Å². The van der Waals surface area contributed by atoms with Crippen LogP contribution in [0.25, 0.3) is 0 Å². The van der Waals surface area contributed by atoms with Crippen molar-refractivity contribution in [2.45, 2.75) is 53.1 Å². The summed E-state index contributed by atoms with van der Waals surface area (Å²) >= 11 is 0. The van der Waals surface area contributed by atoms with E-state index in [1.807, 2.05) is 26.4 Å². The van der Waals surface area contributed by atoms with Gasteiger partial charge in [-0.25, -0.2) is 4.98 Å². The van der Waals surface area contributed by atoms with Gasteiger partial charge in [0, 0.05) is 39.1 Å². The van der Waals surface area contributed by atoms with Gasteiger partial charge in [0.2, 0.25) is 0 Å². The number of guanidine groups is 1. The Hall–Kier alpha value is -1.57. The van der Waals surface area contributed by atoms with E-state index >= 15 is 0 Å². The summed E-state index contributed by atoms with van der Waals surface area (Å²) < 4.78 is 2.16. The number of nitrogens with one attached hydrogen (secondary N) is 2. The van der Waals surface area contributed by atoms with E-state index in [-0.39, 0.29) is 24.0 Å². The van der Waals surface area contributed by atoms with Gasteiger partial charge in [-0.05, 0) is 30.4 Å². The van der Waals surface area contributed by atoms with Crippen LogP contribution in [0.15, 0.2) is 41.7 Å². The van der Waals surface area contributed by atoms with Crippen molar-refractivity contribution in [1.29, 1.82) is 0 Å². The van der Waals surface area contributed by atoms with Gasteiger partial charge in [-0.3, -0.25) is 4.99 Å². The number of rotatable bonds is 9. The molecule has 0 aliphatic carbocycles. The van der Waals surface area contributed by atoms with Gasteiger partial charge in [-0.1, -0.05) is 51.0 Å². The molecule has 0 atom stereocenters. The highest BCUT2D eigenvalue weighted by Gasteiger charge is 2.02. The Balaban J connectivity index is 0.00000364. The smallest absolute Gasteiger partial charge is 0.191 e. The highest BCUT2D eigenvalue weighted by Crippen LogP contribution is 2.09. The summed E-state index contributed by atoms with van der Waals surface area (Å²) in [4.78, 5) is 8.60. The fourth-order valence-electron chi connectivity index (χ4n) is 2.90. The summed E-state index contributed by atoms with van der Waals surface area (Å²) in [6.07, 6.45) is 7.59. The molecule has 27 heavy (non-hydrogen) atoms. The number of unbranched alkanes of at least 4 members (excludes halogenated alkanes) is 1. The Labute approximate surface area is 181 Å². The highest BCUT2D eigenvalue weighted by atomic mass is 127. The number of hydrogen-bond donors (Lipinski definition) is 2. The normalized spacial score (nSPS) is 11.4. The molecule has 0 aliphatic heterocycles. The molecule has 1 heterocycles. The van der Waals surface area contributed by atoms with Gasteiger partial charge in [-0.15, -0.1) is 24.0 Å². The molecule has 150 valence electrons. The fourth-order valence-corrected chi connectivity index (χ4v) is 2.90. The lowest BCUT2D eigenvalue weighted by Gasteiger charge is -2.13. The molecule has 0 bridgehead atoms. The zero-order valence-electron chi connectivity index (χ0n) is 17.0. The van der Waals surface area contributed by atoms with Gasteiger partial charge < -0.3 is 15.2 Å². The van der Waals surface area contributed by atoms with E-state index in [0.717, 1.165) is 37.3 Å². The van der Waals surface area contributed by atoms with Crippen LogP contribution in [-0.2, 0) is 13.1 Å². The summed E-state index contributed by atoms with van der Waals surface area (Å²) in [7, 11) is 1.82. The molecule has 0 saturated carbocycles. The van der Waals surface area contributed by atoms with Crippen LogP contribution in [0, 0.1) is 12.8 Å². The molecule has 5 nitrogen and oxygen atoms in total. The first-order valence-electron chi connectivity index (χ1n) is 9.58. The lowest BCUT2D eigenvalue weighted by molar-refractivity contribution is 0.534. The maximum atomic E-state index is 4.31. The second-order valence-corrected chi connectivity index (χ2v) is 7.16. The van der Waals surface area contributed by atoms with E-state index in [1.165, 1.54) is 30.4 Å². The number of hydrogen-bond acceptors (Lipinski definition) is 2. The first-order chi connectivity index (χ1) is 12.6. The Morgan fingerprint density at radius 3 is 2.63 bits per heavy atom. The van der Waals surface area contributed by atoms with Crippen molar-refractivity contribution in [3.8, 4) is 0 Å². The summed E-state index contributed by atoms with van der Waals surface area (Å²) in [5.74, 6) is 2.69. The lowest BCUT2D eigenvalue weighted by Crippen LogP contribution is -2.37. The number of aryl methyl sites for hydroxylation is 1. The molecule has 0 spiro atoms. The van der Waals surface area contributed by atoms with E-state index in [1.54, 1.807) is 0 Å². The number of imidazole rings is 1. The zero-order chi connectivity index (χ0) is 18.8. The van der Waals surface area contributed by atoms with Crippen molar-refractivity contribution in [2.24, 2.45) is 10.9 Å². The van der Waals surface area contributed by atoms with Crippen LogP contribution in [0.3, 0.4) is 0 Å². The molecule has 0 amide bonds. The van der Waals surface area contributed by atoms with Crippen LogP contribution >= 0.6 is 24.0 Å². The second kappa shape index (κ2) is 12.8. The summed E-state index contributed by atoms with van der Waals surface area (Å²) in [5.41, 5.74) is 2.53. The quantitative estimate of drug-likeness (QED) is 0.241. The average molecular weight is 483 g/mol. The molecule has 1 aromatic heterocycles. The van der Waals surface area contributed by atoms with Crippen molar-refractivity contribution in [2.75, 3.05) is 13.6 Å². The molecule has 2 rings (SSSR count). The second-order valence-electron chi connectivity index (χ2n) is 7.16. The van der Waals surface area contributed by atoms with Crippen molar-refractivity contribution < 1.29 is 0 Å². The number of nitrogens with zero attached hydrogens (tertiary/aromatic N) is 3. The molecule has 0 aliphatic rings. The Morgan fingerprint density at radius 2 is 1.96 bits per heavy atom. The van der Waals surface area contributed by atoms with Crippen molar-refractivity contribution >= 4 is 29.9 Å². The van der Waals surface area contributed by atoms with Gasteiger partial charge in [0.15, 0.2) is 5.96 Å². The largest absolute Gasteiger partial charge is 0.356 e. The molecule has 2 N–H and O–H groups in total. The third-order valence-corrected chi connectivity index (χ3v) is 4.45. The summed E-state index contributed by atoms with van der Waals surface area (Å²) in [6, 6.07) is 8.65. The number of halogens is 1.